The zero-order valence-electron chi connectivity index (χ0n) is 18.2. The maximum absolute atomic E-state index is 9.93. The van der Waals surface area contributed by atoms with Crippen LogP contribution in [-0.4, -0.2) is 35.6 Å². The highest BCUT2D eigenvalue weighted by atomic mass is 15.3. The number of imidazole rings is 1. The largest absolute Gasteiger partial charge is 0.368 e. The van der Waals surface area contributed by atoms with Crippen LogP contribution in [0.5, 0.6) is 0 Å². The lowest BCUT2D eigenvalue weighted by molar-refractivity contribution is 0.645. The Balaban J connectivity index is 1.57. The molecule has 1 fully saturated rings. The van der Waals surface area contributed by atoms with Gasteiger partial charge in [-0.3, -0.25) is 4.40 Å². The van der Waals surface area contributed by atoms with E-state index < -0.39 is 0 Å². The zero-order valence-corrected chi connectivity index (χ0v) is 18.2. The lowest BCUT2D eigenvalue weighted by atomic mass is 10.0. The molecule has 0 amide bonds. The first-order valence-corrected chi connectivity index (χ1v) is 11.1. The number of rotatable bonds is 4. The van der Waals surface area contributed by atoms with Gasteiger partial charge in [0.2, 0.25) is 0 Å². The number of hydrogen-bond donors (Lipinski definition) is 0. The molecule has 31 heavy (non-hydrogen) atoms. The van der Waals surface area contributed by atoms with Crippen molar-refractivity contribution in [1.29, 1.82) is 5.26 Å². The Labute approximate surface area is 183 Å². The molecule has 0 N–H and O–H groups in total. The Morgan fingerprint density at radius 2 is 1.74 bits per heavy atom. The zero-order chi connectivity index (χ0) is 21.4. The number of aromatic nitrogens is 2. The minimum atomic E-state index is 0.709. The Morgan fingerprint density at radius 1 is 0.968 bits per heavy atom. The van der Waals surface area contributed by atoms with Gasteiger partial charge in [0.15, 0.2) is 5.65 Å². The molecule has 0 radical (unpaired) electrons. The van der Waals surface area contributed by atoms with Crippen molar-refractivity contribution in [1.82, 2.24) is 9.38 Å². The molecule has 0 atom stereocenters. The van der Waals surface area contributed by atoms with E-state index in [1.165, 1.54) is 11.3 Å². The van der Waals surface area contributed by atoms with E-state index in [-0.39, 0.29) is 0 Å². The molecule has 2 aromatic heterocycles. The molecule has 2 aromatic carbocycles. The summed E-state index contributed by atoms with van der Waals surface area (Å²) in [6.45, 7) is 8.13. The average molecular weight is 410 g/mol. The second kappa shape index (κ2) is 7.96. The number of para-hydroxylation sites is 2. The van der Waals surface area contributed by atoms with Crippen LogP contribution in [0.3, 0.4) is 0 Å². The summed E-state index contributed by atoms with van der Waals surface area (Å²) < 4.78 is 2.19. The highest BCUT2D eigenvalue weighted by molar-refractivity contribution is 5.85. The van der Waals surface area contributed by atoms with Gasteiger partial charge in [-0.1, -0.05) is 37.6 Å². The second-order valence-electron chi connectivity index (χ2n) is 8.34. The van der Waals surface area contributed by atoms with E-state index in [1.54, 1.807) is 0 Å². The molecule has 0 spiro atoms. The molecule has 5 heteroatoms. The lowest BCUT2D eigenvalue weighted by Crippen LogP contribution is -2.47. The van der Waals surface area contributed by atoms with Crippen LogP contribution in [0.2, 0.25) is 0 Å². The molecular formula is C26H27N5. The number of fused-ring (bicyclic) bond motifs is 3. The number of hydrogen-bond acceptors (Lipinski definition) is 4. The minimum Gasteiger partial charge on any atom is -0.368 e. The minimum absolute atomic E-state index is 0.709. The van der Waals surface area contributed by atoms with Crippen molar-refractivity contribution in [2.45, 2.75) is 26.7 Å². The fraction of sp³-hybridized carbons (Fsp3) is 0.308. The van der Waals surface area contributed by atoms with E-state index in [4.69, 9.17) is 4.98 Å². The van der Waals surface area contributed by atoms with Crippen LogP contribution in [-0.2, 0) is 6.42 Å². The Kier molecular flexibility index (Phi) is 4.99. The number of anilines is 2. The molecule has 4 aromatic rings. The van der Waals surface area contributed by atoms with Crippen molar-refractivity contribution in [3.8, 4) is 6.07 Å². The highest BCUT2D eigenvalue weighted by Gasteiger charge is 2.23. The van der Waals surface area contributed by atoms with Crippen LogP contribution in [0.15, 0.2) is 54.6 Å². The highest BCUT2D eigenvalue weighted by Crippen LogP contribution is 2.31. The Morgan fingerprint density at radius 3 is 2.48 bits per heavy atom. The SMILES string of the molecule is CCCc1cc(N2CCN(c3cccc(C)c3)CC2)n2c(nc3ccccc32)c1C#N. The maximum atomic E-state index is 9.93. The fourth-order valence-corrected chi connectivity index (χ4v) is 4.70. The Bertz CT molecular complexity index is 1290. The van der Waals surface area contributed by atoms with Gasteiger partial charge in [0, 0.05) is 31.9 Å². The molecule has 0 aliphatic carbocycles. The third kappa shape index (κ3) is 3.38. The van der Waals surface area contributed by atoms with Crippen LogP contribution in [0.4, 0.5) is 11.5 Å². The van der Waals surface area contributed by atoms with E-state index in [0.717, 1.165) is 67.1 Å². The predicted molar refractivity (Wildman–Crippen MR) is 127 cm³/mol. The molecule has 0 unspecified atom stereocenters. The predicted octanol–water partition coefficient (Wildman–Crippen LogP) is 4.95. The summed E-state index contributed by atoms with van der Waals surface area (Å²) in [6, 6.07) is 21.6. The normalized spacial score (nSPS) is 14.4. The summed E-state index contributed by atoms with van der Waals surface area (Å²) in [5.41, 5.74) is 7.18. The summed E-state index contributed by atoms with van der Waals surface area (Å²) in [5, 5.41) is 9.93. The van der Waals surface area contributed by atoms with Crippen LogP contribution in [0.25, 0.3) is 16.7 Å². The summed E-state index contributed by atoms with van der Waals surface area (Å²) in [6.07, 6.45) is 1.89. The molecular weight excluding hydrogens is 382 g/mol. The van der Waals surface area contributed by atoms with Gasteiger partial charge in [-0.05, 0) is 54.8 Å². The molecule has 0 bridgehead atoms. The fourth-order valence-electron chi connectivity index (χ4n) is 4.70. The number of nitriles is 1. The van der Waals surface area contributed by atoms with E-state index >= 15 is 0 Å². The van der Waals surface area contributed by atoms with E-state index in [0.29, 0.717) is 5.56 Å². The molecule has 5 nitrogen and oxygen atoms in total. The lowest BCUT2D eigenvalue weighted by Gasteiger charge is -2.38. The second-order valence-corrected chi connectivity index (χ2v) is 8.34. The monoisotopic (exact) mass is 409 g/mol. The quantitative estimate of drug-likeness (QED) is 0.479. The first kappa shape index (κ1) is 19.4. The van der Waals surface area contributed by atoms with Crippen LogP contribution >= 0.6 is 0 Å². The molecule has 0 saturated carbocycles. The van der Waals surface area contributed by atoms with Gasteiger partial charge in [-0.15, -0.1) is 0 Å². The van der Waals surface area contributed by atoms with E-state index in [1.807, 2.05) is 18.2 Å². The Hall–Kier alpha value is -3.52. The summed E-state index contributed by atoms with van der Waals surface area (Å²) in [7, 11) is 0. The number of piperazine rings is 1. The van der Waals surface area contributed by atoms with Gasteiger partial charge in [-0.25, -0.2) is 4.98 Å². The standard InChI is InChI=1S/C26H27N5/c1-3-7-20-17-25(30-14-12-29(13-15-30)21-9-6-8-19(2)16-21)31-24-11-5-4-10-23(24)28-26(31)22(20)18-27/h4-6,8-11,16-17H,3,7,12-15H2,1-2H3. The topological polar surface area (TPSA) is 47.6 Å². The van der Waals surface area contributed by atoms with Crippen molar-refractivity contribution in [2.24, 2.45) is 0 Å². The molecule has 3 heterocycles. The maximum Gasteiger partial charge on any atom is 0.157 e. The first-order chi connectivity index (χ1) is 15.2. The molecule has 5 rings (SSSR count). The number of pyridine rings is 1. The molecule has 1 aliphatic heterocycles. The van der Waals surface area contributed by atoms with Crippen LogP contribution < -0.4 is 9.80 Å². The van der Waals surface area contributed by atoms with Gasteiger partial charge < -0.3 is 9.80 Å². The molecule has 1 saturated heterocycles. The van der Waals surface area contributed by atoms with Crippen LogP contribution in [0, 0.1) is 18.3 Å². The third-order valence-corrected chi connectivity index (χ3v) is 6.24. The van der Waals surface area contributed by atoms with Gasteiger partial charge >= 0.3 is 0 Å². The summed E-state index contributed by atoms with van der Waals surface area (Å²) >= 11 is 0. The van der Waals surface area contributed by atoms with E-state index in [2.05, 4.69) is 70.5 Å². The summed E-state index contributed by atoms with van der Waals surface area (Å²) in [4.78, 5) is 9.77. The third-order valence-electron chi connectivity index (χ3n) is 6.24. The number of nitrogens with zero attached hydrogens (tertiary/aromatic N) is 5. The number of benzene rings is 2. The van der Waals surface area contributed by atoms with Gasteiger partial charge in [0.25, 0.3) is 0 Å². The van der Waals surface area contributed by atoms with Crippen molar-refractivity contribution < 1.29 is 0 Å². The molecule has 1 aliphatic rings. The smallest absolute Gasteiger partial charge is 0.157 e. The van der Waals surface area contributed by atoms with Gasteiger partial charge in [0.1, 0.15) is 11.9 Å². The van der Waals surface area contributed by atoms with Crippen LogP contribution in [0.1, 0.15) is 30.0 Å². The van der Waals surface area contributed by atoms with Crippen molar-refractivity contribution in [2.75, 3.05) is 36.0 Å². The molecule has 156 valence electrons. The summed E-state index contributed by atoms with van der Waals surface area (Å²) in [5.74, 6) is 1.15. The number of aryl methyl sites for hydroxylation is 2. The average Bonchev–Trinajstić information content (AvgIpc) is 3.18. The van der Waals surface area contributed by atoms with Crippen molar-refractivity contribution >= 4 is 28.2 Å². The van der Waals surface area contributed by atoms with Crippen molar-refractivity contribution in [3.05, 3.63) is 71.3 Å². The van der Waals surface area contributed by atoms with Gasteiger partial charge in [-0.2, -0.15) is 5.26 Å². The van der Waals surface area contributed by atoms with E-state index in [9.17, 15) is 5.26 Å². The van der Waals surface area contributed by atoms with Crippen molar-refractivity contribution in [3.63, 3.8) is 0 Å². The first-order valence-electron chi connectivity index (χ1n) is 11.1. The van der Waals surface area contributed by atoms with Gasteiger partial charge in [0.05, 0.1) is 16.6 Å².